The summed E-state index contributed by atoms with van der Waals surface area (Å²) in [5.74, 6) is 1.43. The van der Waals surface area contributed by atoms with Crippen molar-refractivity contribution in [2.75, 3.05) is 0 Å². The number of phenolic OH excluding ortho intramolecular Hbond substituents is 1. The lowest BCUT2D eigenvalue weighted by molar-refractivity contribution is 0.176. The van der Waals surface area contributed by atoms with E-state index in [0.29, 0.717) is 5.75 Å². The molecule has 35 heavy (non-hydrogen) atoms. The van der Waals surface area contributed by atoms with E-state index in [1.54, 1.807) is 0 Å². The Morgan fingerprint density at radius 1 is 0.743 bits per heavy atom. The van der Waals surface area contributed by atoms with Gasteiger partial charge in [-0.25, -0.2) is 0 Å². The molecule has 0 radical (unpaired) electrons. The molecule has 0 amide bonds. The zero-order chi connectivity index (χ0) is 24.7. The highest BCUT2D eigenvalue weighted by Gasteiger charge is 2.23. The van der Waals surface area contributed by atoms with Crippen LogP contribution < -0.4 is 4.74 Å². The zero-order valence-corrected chi connectivity index (χ0v) is 22.6. The molecule has 0 saturated heterocycles. The summed E-state index contributed by atoms with van der Waals surface area (Å²) in [5, 5.41) is 10.6. The van der Waals surface area contributed by atoms with Crippen LogP contribution in [0.5, 0.6) is 11.5 Å². The average Bonchev–Trinajstić information content (AvgIpc) is 2.88. The smallest absolute Gasteiger partial charge is 0.124 e. The van der Waals surface area contributed by atoms with Crippen molar-refractivity contribution in [2.45, 2.75) is 136 Å². The number of benzene rings is 2. The second-order valence-corrected chi connectivity index (χ2v) is 10.7. The van der Waals surface area contributed by atoms with Gasteiger partial charge in [-0.15, -0.1) is 0 Å². The number of ether oxygens (including phenoxy) is 1. The van der Waals surface area contributed by atoms with E-state index in [2.05, 4.69) is 44.2 Å². The molecule has 0 fully saturated rings. The molecule has 2 aromatic carbocycles. The lowest BCUT2D eigenvalue weighted by Crippen LogP contribution is -2.15. The van der Waals surface area contributed by atoms with Gasteiger partial charge in [0.05, 0.1) is 0 Å². The van der Waals surface area contributed by atoms with Crippen molar-refractivity contribution in [1.82, 2.24) is 0 Å². The molecule has 2 nitrogen and oxygen atoms in total. The van der Waals surface area contributed by atoms with Crippen molar-refractivity contribution >= 4 is 0 Å². The van der Waals surface area contributed by atoms with Crippen molar-refractivity contribution in [2.24, 2.45) is 0 Å². The van der Waals surface area contributed by atoms with E-state index in [1.807, 2.05) is 6.07 Å². The number of rotatable bonds is 17. The largest absolute Gasteiger partial charge is 0.508 e. The molecule has 2 heteroatoms. The number of hydrogen-bond donors (Lipinski definition) is 1. The second-order valence-electron chi connectivity index (χ2n) is 10.7. The molecular weight excluding hydrogens is 428 g/mol. The lowest BCUT2D eigenvalue weighted by Gasteiger charge is -2.27. The van der Waals surface area contributed by atoms with Crippen molar-refractivity contribution in [3.05, 3.63) is 58.7 Å². The Kier molecular flexibility index (Phi) is 12.6. The maximum atomic E-state index is 10.6. The van der Waals surface area contributed by atoms with Gasteiger partial charge in [0.2, 0.25) is 0 Å². The molecule has 0 aliphatic carbocycles. The number of phenols is 1. The van der Waals surface area contributed by atoms with Gasteiger partial charge in [0.25, 0.3) is 0 Å². The number of fused-ring (bicyclic) bond motifs is 1. The lowest BCUT2D eigenvalue weighted by atomic mass is 9.93. The van der Waals surface area contributed by atoms with Gasteiger partial charge in [-0.3, -0.25) is 0 Å². The van der Waals surface area contributed by atoms with Crippen LogP contribution in [0.2, 0.25) is 0 Å². The maximum Gasteiger partial charge on any atom is 0.124 e. The van der Waals surface area contributed by atoms with E-state index < -0.39 is 0 Å². The minimum Gasteiger partial charge on any atom is -0.508 e. The molecule has 0 saturated carbocycles. The first kappa shape index (κ1) is 27.6. The fraction of sp³-hybridized carbons (Fsp3) is 0.636. The van der Waals surface area contributed by atoms with Gasteiger partial charge in [0, 0.05) is 0 Å². The highest BCUT2D eigenvalue weighted by atomic mass is 16.5. The normalized spacial score (nSPS) is 15.1. The van der Waals surface area contributed by atoms with Crippen LogP contribution >= 0.6 is 0 Å². The summed E-state index contributed by atoms with van der Waals surface area (Å²) in [6.07, 6.45) is 22.7. The van der Waals surface area contributed by atoms with E-state index in [0.717, 1.165) is 42.6 Å². The third-order valence-corrected chi connectivity index (χ3v) is 7.65. The Labute approximate surface area is 215 Å². The highest BCUT2D eigenvalue weighted by Crippen LogP contribution is 2.39. The van der Waals surface area contributed by atoms with Crippen LogP contribution in [-0.2, 0) is 19.3 Å². The second kappa shape index (κ2) is 15.9. The fourth-order valence-corrected chi connectivity index (χ4v) is 5.40. The van der Waals surface area contributed by atoms with Crippen LogP contribution in [0.15, 0.2) is 36.4 Å². The van der Waals surface area contributed by atoms with Gasteiger partial charge >= 0.3 is 0 Å². The predicted octanol–water partition coefficient (Wildman–Crippen LogP) is 10.0. The molecule has 2 aromatic rings. The third kappa shape index (κ3) is 9.54. The Balaban J connectivity index is 1.49. The van der Waals surface area contributed by atoms with E-state index in [-0.39, 0.29) is 6.10 Å². The van der Waals surface area contributed by atoms with Crippen LogP contribution in [0.25, 0.3) is 0 Å². The molecule has 1 aliphatic heterocycles. The van der Waals surface area contributed by atoms with Crippen LogP contribution in [0.4, 0.5) is 0 Å². The minimum absolute atomic E-state index is 0.118. The number of aryl methyl sites for hydroxylation is 3. The summed E-state index contributed by atoms with van der Waals surface area (Å²) in [4.78, 5) is 0. The first-order chi connectivity index (χ1) is 17.2. The molecular formula is C33H50O2. The molecule has 1 atom stereocenters. The SMILES string of the molecule is CCCCCCCCCc1cccc(C2CCc3cc(O)c(CCCCCCCCC)cc3O2)c1. The van der Waals surface area contributed by atoms with Crippen molar-refractivity contribution in [3.63, 3.8) is 0 Å². The van der Waals surface area contributed by atoms with Gasteiger partial charge in [0.1, 0.15) is 17.6 Å². The maximum absolute atomic E-state index is 10.6. The van der Waals surface area contributed by atoms with E-state index >= 15 is 0 Å². The Morgan fingerprint density at radius 2 is 1.37 bits per heavy atom. The summed E-state index contributed by atoms with van der Waals surface area (Å²) in [6.45, 7) is 4.54. The van der Waals surface area contributed by atoms with Crippen LogP contribution in [0, 0.1) is 0 Å². The Bertz CT molecular complexity index is 856. The first-order valence-electron chi connectivity index (χ1n) is 14.8. The molecule has 1 aliphatic rings. The highest BCUT2D eigenvalue weighted by molar-refractivity contribution is 5.47. The zero-order valence-electron chi connectivity index (χ0n) is 22.6. The molecule has 0 aromatic heterocycles. The molecule has 1 heterocycles. The molecule has 1 N–H and O–H groups in total. The van der Waals surface area contributed by atoms with Crippen molar-refractivity contribution < 1.29 is 9.84 Å². The average molecular weight is 479 g/mol. The van der Waals surface area contributed by atoms with Crippen molar-refractivity contribution in [3.8, 4) is 11.5 Å². The molecule has 3 rings (SSSR count). The quantitative estimate of drug-likeness (QED) is 0.229. The summed E-state index contributed by atoms with van der Waals surface area (Å²) in [6, 6.07) is 13.1. The van der Waals surface area contributed by atoms with E-state index in [4.69, 9.17) is 4.74 Å². The topological polar surface area (TPSA) is 29.5 Å². The third-order valence-electron chi connectivity index (χ3n) is 7.65. The van der Waals surface area contributed by atoms with Gasteiger partial charge in [-0.05, 0) is 72.9 Å². The summed E-state index contributed by atoms with van der Waals surface area (Å²) < 4.78 is 6.51. The summed E-state index contributed by atoms with van der Waals surface area (Å²) in [7, 11) is 0. The van der Waals surface area contributed by atoms with Crippen molar-refractivity contribution in [1.29, 1.82) is 0 Å². The standard InChI is InChI=1S/C33H50O2/c1-3-5-7-9-11-13-15-18-27-19-17-21-29(24-27)32-23-22-30-25-31(34)28(26-33(30)35-32)20-16-14-12-10-8-6-4-2/h17,19,21,24-26,32,34H,3-16,18,20,22-23H2,1-2H3. The van der Waals surface area contributed by atoms with Gasteiger partial charge in [-0.2, -0.15) is 0 Å². The number of aromatic hydroxyl groups is 1. The van der Waals surface area contributed by atoms with Crippen LogP contribution in [0.3, 0.4) is 0 Å². The fourth-order valence-electron chi connectivity index (χ4n) is 5.40. The monoisotopic (exact) mass is 478 g/mol. The van der Waals surface area contributed by atoms with Gasteiger partial charge in [0.15, 0.2) is 0 Å². The summed E-state index contributed by atoms with van der Waals surface area (Å²) >= 11 is 0. The predicted molar refractivity (Wildman–Crippen MR) is 150 cm³/mol. The molecule has 0 bridgehead atoms. The van der Waals surface area contributed by atoms with Gasteiger partial charge < -0.3 is 9.84 Å². The number of hydrogen-bond acceptors (Lipinski definition) is 2. The molecule has 194 valence electrons. The molecule has 0 spiro atoms. The Morgan fingerprint density at radius 3 is 2.06 bits per heavy atom. The van der Waals surface area contributed by atoms with E-state index in [1.165, 1.54) is 101 Å². The van der Waals surface area contributed by atoms with Crippen LogP contribution in [-0.4, -0.2) is 5.11 Å². The minimum atomic E-state index is 0.118. The Hall–Kier alpha value is -1.96. The first-order valence-corrected chi connectivity index (χ1v) is 14.8. The summed E-state index contributed by atoms with van der Waals surface area (Å²) in [5.41, 5.74) is 4.94. The van der Waals surface area contributed by atoms with Crippen LogP contribution in [0.1, 0.15) is 139 Å². The molecule has 1 unspecified atom stereocenters. The van der Waals surface area contributed by atoms with E-state index in [9.17, 15) is 5.11 Å². The van der Waals surface area contributed by atoms with Gasteiger partial charge in [-0.1, -0.05) is 115 Å². The number of unbranched alkanes of at least 4 members (excludes halogenated alkanes) is 12.